The minimum absolute atomic E-state index is 0.222. The molecule has 1 aromatic rings. The zero-order chi connectivity index (χ0) is 13.9. The zero-order valence-electron chi connectivity index (χ0n) is 11.9. The fourth-order valence-electron chi connectivity index (χ4n) is 2.82. The summed E-state index contributed by atoms with van der Waals surface area (Å²) in [6, 6.07) is 8.33. The van der Waals surface area contributed by atoms with Gasteiger partial charge in [0.25, 0.3) is 0 Å². The molecule has 0 radical (unpaired) electrons. The molecule has 104 valence electrons. The number of carbonyl (C=O) groups is 1. The van der Waals surface area contributed by atoms with E-state index < -0.39 is 5.54 Å². The Morgan fingerprint density at radius 3 is 2.21 bits per heavy atom. The van der Waals surface area contributed by atoms with Crippen LogP contribution in [-0.2, 0) is 4.79 Å². The van der Waals surface area contributed by atoms with Gasteiger partial charge in [-0.1, -0.05) is 45.2 Å². The average Bonchev–Trinajstić information content (AvgIpc) is 2.40. The third-order valence-corrected chi connectivity index (χ3v) is 4.14. The first kappa shape index (κ1) is 13.9. The molecule has 0 atom stereocenters. The lowest BCUT2D eigenvalue weighted by Crippen LogP contribution is -2.51. The summed E-state index contributed by atoms with van der Waals surface area (Å²) in [5, 5.41) is 3.39. The van der Waals surface area contributed by atoms with Crippen LogP contribution in [0.3, 0.4) is 0 Å². The highest BCUT2D eigenvalue weighted by atomic mass is 16.1. The molecule has 1 amide bonds. The minimum Gasteiger partial charge on any atom is -0.371 e. The van der Waals surface area contributed by atoms with Gasteiger partial charge in [-0.15, -0.1) is 0 Å². The largest absolute Gasteiger partial charge is 0.371 e. The quantitative estimate of drug-likeness (QED) is 0.871. The van der Waals surface area contributed by atoms with Crippen LogP contribution in [0, 0.1) is 0 Å². The molecule has 0 bridgehead atoms. The van der Waals surface area contributed by atoms with E-state index in [9.17, 15) is 4.79 Å². The molecule has 1 aromatic carbocycles. The molecule has 0 heterocycles. The van der Waals surface area contributed by atoms with E-state index in [0.29, 0.717) is 5.92 Å². The maximum atomic E-state index is 11.8. The van der Waals surface area contributed by atoms with E-state index in [1.807, 2.05) is 0 Å². The van der Waals surface area contributed by atoms with Crippen LogP contribution in [0.5, 0.6) is 0 Å². The molecule has 1 saturated carbocycles. The van der Waals surface area contributed by atoms with E-state index in [2.05, 4.69) is 43.4 Å². The maximum absolute atomic E-state index is 11.8. The van der Waals surface area contributed by atoms with Gasteiger partial charge in [0.05, 0.1) is 0 Å². The molecule has 3 nitrogen and oxygen atoms in total. The number of carbonyl (C=O) groups excluding carboxylic acids is 1. The Hall–Kier alpha value is -1.51. The molecule has 0 aliphatic heterocycles. The third-order valence-electron chi connectivity index (χ3n) is 4.14. The van der Waals surface area contributed by atoms with Gasteiger partial charge in [0, 0.05) is 5.69 Å². The fraction of sp³-hybridized carbons (Fsp3) is 0.562. The molecular formula is C16H24N2O. The van der Waals surface area contributed by atoms with E-state index in [4.69, 9.17) is 5.73 Å². The zero-order valence-corrected chi connectivity index (χ0v) is 11.9. The van der Waals surface area contributed by atoms with Crippen molar-refractivity contribution < 1.29 is 4.79 Å². The fourth-order valence-corrected chi connectivity index (χ4v) is 2.82. The van der Waals surface area contributed by atoms with Crippen LogP contribution >= 0.6 is 0 Å². The lowest BCUT2D eigenvalue weighted by molar-refractivity contribution is -0.123. The standard InChI is InChI=1S/C16H24N2O/c1-12(2)13-6-8-14(9-7-13)18-16(15(17)19)10-4-3-5-11-16/h6-9,12,18H,3-5,10-11H2,1-2H3,(H2,17,19). The Morgan fingerprint density at radius 2 is 1.74 bits per heavy atom. The molecule has 3 heteroatoms. The van der Waals surface area contributed by atoms with Crippen LogP contribution in [0.4, 0.5) is 5.69 Å². The topological polar surface area (TPSA) is 55.1 Å². The predicted molar refractivity (Wildman–Crippen MR) is 79.2 cm³/mol. The van der Waals surface area contributed by atoms with Crippen LogP contribution in [0.15, 0.2) is 24.3 Å². The van der Waals surface area contributed by atoms with Gasteiger partial charge in [0.1, 0.15) is 5.54 Å². The van der Waals surface area contributed by atoms with Gasteiger partial charge >= 0.3 is 0 Å². The van der Waals surface area contributed by atoms with Crippen LogP contribution in [0.1, 0.15) is 57.4 Å². The molecule has 0 saturated heterocycles. The van der Waals surface area contributed by atoms with Crippen molar-refractivity contribution in [2.45, 2.75) is 57.4 Å². The summed E-state index contributed by atoms with van der Waals surface area (Å²) in [4.78, 5) is 11.8. The van der Waals surface area contributed by atoms with Gasteiger partial charge < -0.3 is 11.1 Å². The van der Waals surface area contributed by atoms with Gasteiger partial charge in [-0.2, -0.15) is 0 Å². The smallest absolute Gasteiger partial charge is 0.243 e. The van der Waals surface area contributed by atoms with E-state index in [1.54, 1.807) is 0 Å². The summed E-state index contributed by atoms with van der Waals surface area (Å²) in [7, 11) is 0. The van der Waals surface area contributed by atoms with Crippen LogP contribution in [0.25, 0.3) is 0 Å². The molecule has 2 rings (SSSR count). The Labute approximate surface area is 115 Å². The molecule has 1 aliphatic carbocycles. The summed E-state index contributed by atoms with van der Waals surface area (Å²) < 4.78 is 0. The molecule has 1 aliphatic rings. The maximum Gasteiger partial charge on any atom is 0.243 e. The lowest BCUT2D eigenvalue weighted by Gasteiger charge is -2.36. The van der Waals surface area contributed by atoms with Crippen molar-refractivity contribution in [3.8, 4) is 0 Å². The summed E-state index contributed by atoms with van der Waals surface area (Å²) in [6.45, 7) is 4.35. The Bertz CT molecular complexity index is 431. The number of nitrogens with one attached hydrogen (secondary N) is 1. The summed E-state index contributed by atoms with van der Waals surface area (Å²) in [5.74, 6) is 0.300. The number of rotatable bonds is 4. The highest BCUT2D eigenvalue weighted by molar-refractivity contribution is 5.88. The first-order valence-electron chi connectivity index (χ1n) is 7.21. The van der Waals surface area contributed by atoms with Crippen molar-refractivity contribution in [1.29, 1.82) is 0 Å². The number of primary amides is 1. The predicted octanol–water partition coefficient (Wildman–Crippen LogP) is 3.41. The van der Waals surface area contributed by atoms with E-state index >= 15 is 0 Å². The number of nitrogens with two attached hydrogens (primary N) is 1. The second kappa shape index (κ2) is 5.64. The first-order chi connectivity index (χ1) is 9.03. The second-order valence-corrected chi connectivity index (χ2v) is 5.91. The second-order valence-electron chi connectivity index (χ2n) is 5.91. The van der Waals surface area contributed by atoms with Crippen molar-refractivity contribution in [3.05, 3.63) is 29.8 Å². The Kier molecular flexibility index (Phi) is 4.13. The molecule has 0 spiro atoms. The van der Waals surface area contributed by atoms with E-state index in [0.717, 1.165) is 31.4 Å². The number of hydrogen-bond acceptors (Lipinski definition) is 2. The van der Waals surface area contributed by atoms with Gasteiger partial charge in [-0.3, -0.25) is 4.79 Å². The average molecular weight is 260 g/mol. The van der Waals surface area contributed by atoms with Crippen LogP contribution < -0.4 is 11.1 Å². The number of anilines is 1. The monoisotopic (exact) mass is 260 g/mol. The third kappa shape index (κ3) is 3.09. The van der Waals surface area contributed by atoms with Crippen LogP contribution in [0.2, 0.25) is 0 Å². The lowest BCUT2D eigenvalue weighted by atomic mass is 9.81. The van der Waals surface area contributed by atoms with Crippen molar-refractivity contribution in [2.24, 2.45) is 5.73 Å². The van der Waals surface area contributed by atoms with E-state index in [-0.39, 0.29) is 5.91 Å². The molecule has 3 N–H and O–H groups in total. The van der Waals surface area contributed by atoms with Crippen molar-refractivity contribution in [3.63, 3.8) is 0 Å². The number of amides is 1. The first-order valence-corrected chi connectivity index (χ1v) is 7.21. The number of benzene rings is 1. The highest BCUT2D eigenvalue weighted by Gasteiger charge is 2.37. The molecule has 19 heavy (non-hydrogen) atoms. The Balaban J connectivity index is 2.15. The van der Waals surface area contributed by atoms with E-state index in [1.165, 1.54) is 12.0 Å². The van der Waals surface area contributed by atoms with Gasteiger partial charge in [0.15, 0.2) is 0 Å². The van der Waals surface area contributed by atoms with Gasteiger partial charge in [0.2, 0.25) is 5.91 Å². The van der Waals surface area contributed by atoms with Crippen molar-refractivity contribution in [1.82, 2.24) is 0 Å². The van der Waals surface area contributed by atoms with Crippen molar-refractivity contribution >= 4 is 11.6 Å². The molecule has 0 aromatic heterocycles. The minimum atomic E-state index is -0.544. The summed E-state index contributed by atoms with van der Waals surface area (Å²) in [6.07, 6.45) is 5.02. The summed E-state index contributed by atoms with van der Waals surface area (Å²) in [5.41, 5.74) is 7.38. The Morgan fingerprint density at radius 1 is 1.16 bits per heavy atom. The van der Waals surface area contributed by atoms with Crippen LogP contribution in [-0.4, -0.2) is 11.4 Å². The molecule has 1 fully saturated rings. The normalized spacial score (nSPS) is 18.3. The summed E-state index contributed by atoms with van der Waals surface area (Å²) >= 11 is 0. The number of hydrogen-bond donors (Lipinski definition) is 2. The molecule has 0 unspecified atom stereocenters. The van der Waals surface area contributed by atoms with Crippen molar-refractivity contribution in [2.75, 3.05) is 5.32 Å². The van der Waals surface area contributed by atoms with Gasteiger partial charge in [-0.25, -0.2) is 0 Å². The molecular weight excluding hydrogens is 236 g/mol. The SMILES string of the molecule is CC(C)c1ccc(NC2(C(N)=O)CCCCC2)cc1. The highest BCUT2D eigenvalue weighted by Crippen LogP contribution is 2.32. The van der Waals surface area contributed by atoms with Gasteiger partial charge in [-0.05, 0) is 36.5 Å².